The first kappa shape index (κ1) is 16.5. The van der Waals surface area contributed by atoms with E-state index in [0.29, 0.717) is 29.4 Å². The van der Waals surface area contributed by atoms with Gasteiger partial charge >= 0.3 is 5.97 Å². The van der Waals surface area contributed by atoms with Crippen LogP contribution in [0.2, 0.25) is 0 Å². The van der Waals surface area contributed by atoms with Crippen molar-refractivity contribution in [2.45, 2.75) is 13.8 Å². The number of hydrogen-bond acceptors (Lipinski definition) is 6. The predicted molar refractivity (Wildman–Crippen MR) is 84.4 cm³/mol. The Labute approximate surface area is 133 Å². The van der Waals surface area contributed by atoms with Crippen LogP contribution in [0.5, 0.6) is 11.5 Å². The molecule has 0 aliphatic carbocycles. The standard InChI is InChI=1S/C16H18N2O5/c1-4-22-15(19)9-23-13-6-5-11(8-14(13)21-3)7-12-10(2)17-18-16(12)20/h5-8H,4,9H2,1-3H3,(H,18,20)/b12-7-. The number of benzene rings is 1. The Hall–Kier alpha value is -2.83. The van der Waals surface area contributed by atoms with Crippen LogP contribution >= 0.6 is 0 Å². The Balaban J connectivity index is 2.16. The molecule has 0 radical (unpaired) electrons. The molecule has 7 heteroatoms. The number of nitrogens with one attached hydrogen (secondary N) is 1. The molecular weight excluding hydrogens is 300 g/mol. The van der Waals surface area contributed by atoms with E-state index in [-0.39, 0.29) is 12.5 Å². The number of carbonyl (C=O) groups excluding carboxylic acids is 2. The van der Waals surface area contributed by atoms with Gasteiger partial charge in [0.15, 0.2) is 18.1 Å². The van der Waals surface area contributed by atoms with Crippen molar-refractivity contribution in [1.82, 2.24) is 5.43 Å². The molecule has 2 rings (SSSR count). The van der Waals surface area contributed by atoms with Gasteiger partial charge in [0, 0.05) is 0 Å². The average molecular weight is 318 g/mol. The topological polar surface area (TPSA) is 86.2 Å². The zero-order valence-electron chi connectivity index (χ0n) is 13.2. The lowest BCUT2D eigenvalue weighted by Gasteiger charge is -2.11. The van der Waals surface area contributed by atoms with Crippen LogP contribution < -0.4 is 14.9 Å². The number of ether oxygens (including phenoxy) is 3. The first-order valence-corrected chi connectivity index (χ1v) is 7.08. The summed E-state index contributed by atoms with van der Waals surface area (Å²) < 4.78 is 15.4. The predicted octanol–water partition coefficient (Wildman–Crippen LogP) is 1.53. The van der Waals surface area contributed by atoms with Gasteiger partial charge in [0.05, 0.1) is 25.0 Å². The third-order valence-electron chi connectivity index (χ3n) is 3.11. The van der Waals surface area contributed by atoms with E-state index in [1.165, 1.54) is 7.11 Å². The van der Waals surface area contributed by atoms with E-state index in [2.05, 4.69) is 10.5 Å². The fourth-order valence-corrected chi connectivity index (χ4v) is 1.99. The summed E-state index contributed by atoms with van der Waals surface area (Å²) in [5.74, 6) is 0.180. The van der Waals surface area contributed by atoms with E-state index < -0.39 is 5.97 Å². The maximum Gasteiger partial charge on any atom is 0.344 e. The highest BCUT2D eigenvalue weighted by atomic mass is 16.6. The Bertz CT molecular complexity index is 679. The van der Waals surface area contributed by atoms with Crippen LogP contribution in [0.4, 0.5) is 0 Å². The second kappa shape index (κ2) is 7.44. The molecule has 23 heavy (non-hydrogen) atoms. The fourth-order valence-electron chi connectivity index (χ4n) is 1.99. The van der Waals surface area contributed by atoms with Crippen LogP contribution in [-0.4, -0.2) is 37.9 Å². The molecule has 7 nitrogen and oxygen atoms in total. The van der Waals surface area contributed by atoms with Gasteiger partial charge in [-0.05, 0) is 37.6 Å². The lowest BCUT2D eigenvalue weighted by molar-refractivity contribution is -0.145. The van der Waals surface area contributed by atoms with Gasteiger partial charge in [-0.3, -0.25) is 4.79 Å². The number of carbonyl (C=O) groups is 2. The molecule has 1 heterocycles. The van der Waals surface area contributed by atoms with E-state index in [0.717, 1.165) is 5.56 Å². The van der Waals surface area contributed by atoms with Crippen molar-refractivity contribution in [3.8, 4) is 11.5 Å². The molecule has 0 bridgehead atoms. The van der Waals surface area contributed by atoms with Crippen molar-refractivity contribution < 1.29 is 23.8 Å². The second-order valence-electron chi connectivity index (χ2n) is 4.70. The zero-order chi connectivity index (χ0) is 16.8. The summed E-state index contributed by atoms with van der Waals surface area (Å²) in [5.41, 5.74) is 4.27. The lowest BCUT2D eigenvalue weighted by Crippen LogP contribution is -2.15. The normalized spacial score (nSPS) is 15.2. The minimum Gasteiger partial charge on any atom is -0.493 e. The van der Waals surface area contributed by atoms with Gasteiger partial charge in [-0.1, -0.05) is 6.07 Å². The molecule has 0 unspecified atom stereocenters. The maximum atomic E-state index is 11.6. The second-order valence-corrected chi connectivity index (χ2v) is 4.70. The van der Waals surface area contributed by atoms with Gasteiger partial charge in [0.1, 0.15) is 0 Å². The van der Waals surface area contributed by atoms with Crippen LogP contribution in [0.25, 0.3) is 6.08 Å². The average Bonchev–Trinajstić information content (AvgIpc) is 2.85. The molecular formula is C16H18N2O5. The number of esters is 1. The van der Waals surface area contributed by atoms with Crippen molar-refractivity contribution >= 4 is 23.7 Å². The van der Waals surface area contributed by atoms with Crippen molar-refractivity contribution in [2.24, 2.45) is 5.10 Å². The van der Waals surface area contributed by atoms with Gasteiger partial charge in [-0.2, -0.15) is 5.10 Å². The van der Waals surface area contributed by atoms with Crippen LogP contribution in [0, 0.1) is 0 Å². The summed E-state index contributed by atoms with van der Waals surface area (Å²) in [6.07, 6.45) is 1.71. The molecule has 0 aromatic heterocycles. The highest BCUT2D eigenvalue weighted by Gasteiger charge is 2.18. The highest BCUT2D eigenvalue weighted by molar-refractivity contribution is 6.26. The minimum atomic E-state index is -0.449. The van der Waals surface area contributed by atoms with E-state index in [1.54, 1.807) is 38.1 Å². The van der Waals surface area contributed by atoms with E-state index in [4.69, 9.17) is 14.2 Å². The Morgan fingerprint density at radius 1 is 1.35 bits per heavy atom. The van der Waals surface area contributed by atoms with Crippen LogP contribution in [0.3, 0.4) is 0 Å². The molecule has 0 fully saturated rings. The van der Waals surface area contributed by atoms with E-state index in [1.807, 2.05) is 0 Å². The molecule has 0 atom stereocenters. The fraction of sp³-hybridized carbons (Fsp3) is 0.312. The van der Waals surface area contributed by atoms with Gasteiger partial charge in [0.25, 0.3) is 5.91 Å². The first-order chi connectivity index (χ1) is 11.0. The smallest absolute Gasteiger partial charge is 0.344 e. The van der Waals surface area contributed by atoms with Crippen molar-refractivity contribution in [3.05, 3.63) is 29.3 Å². The number of hydrogen-bond donors (Lipinski definition) is 1. The maximum absolute atomic E-state index is 11.6. The van der Waals surface area contributed by atoms with Gasteiger partial charge in [-0.25, -0.2) is 10.2 Å². The van der Waals surface area contributed by atoms with Gasteiger partial charge in [0.2, 0.25) is 0 Å². The van der Waals surface area contributed by atoms with Crippen LogP contribution in [0.1, 0.15) is 19.4 Å². The van der Waals surface area contributed by atoms with Gasteiger partial charge < -0.3 is 14.2 Å². The van der Waals surface area contributed by atoms with E-state index >= 15 is 0 Å². The highest BCUT2D eigenvalue weighted by Crippen LogP contribution is 2.29. The summed E-state index contributed by atoms with van der Waals surface area (Å²) in [6.45, 7) is 3.58. The van der Waals surface area contributed by atoms with E-state index in [9.17, 15) is 9.59 Å². The Morgan fingerprint density at radius 3 is 2.74 bits per heavy atom. The first-order valence-electron chi connectivity index (χ1n) is 7.08. The summed E-state index contributed by atoms with van der Waals surface area (Å²) in [7, 11) is 1.50. The van der Waals surface area contributed by atoms with Crippen molar-refractivity contribution in [2.75, 3.05) is 20.3 Å². The number of amides is 1. The molecule has 0 saturated carbocycles. The lowest BCUT2D eigenvalue weighted by atomic mass is 10.1. The Kier molecular flexibility index (Phi) is 5.35. The molecule has 1 aromatic rings. The summed E-state index contributed by atoms with van der Waals surface area (Å²) >= 11 is 0. The third kappa shape index (κ3) is 4.09. The van der Waals surface area contributed by atoms with Crippen molar-refractivity contribution in [3.63, 3.8) is 0 Å². The van der Waals surface area contributed by atoms with Crippen molar-refractivity contribution in [1.29, 1.82) is 0 Å². The molecule has 1 amide bonds. The quantitative estimate of drug-likeness (QED) is 0.635. The minimum absolute atomic E-state index is 0.196. The third-order valence-corrected chi connectivity index (χ3v) is 3.11. The molecule has 1 aromatic carbocycles. The number of hydrazone groups is 1. The SMILES string of the molecule is CCOC(=O)COc1ccc(/C=C2\C(=O)NN=C2C)cc1OC. The zero-order valence-corrected chi connectivity index (χ0v) is 13.2. The summed E-state index contributed by atoms with van der Waals surface area (Å²) in [6, 6.07) is 5.14. The molecule has 1 N–H and O–H groups in total. The van der Waals surface area contributed by atoms with Crippen LogP contribution in [-0.2, 0) is 14.3 Å². The summed E-state index contributed by atoms with van der Waals surface area (Å²) in [5, 5.41) is 3.86. The number of nitrogens with zero attached hydrogens (tertiary/aromatic N) is 1. The number of methoxy groups -OCH3 is 1. The molecule has 1 aliphatic heterocycles. The molecule has 0 spiro atoms. The van der Waals surface area contributed by atoms with Gasteiger partial charge in [-0.15, -0.1) is 0 Å². The van der Waals surface area contributed by atoms with Crippen LogP contribution in [0.15, 0.2) is 28.9 Å². The summed E-state index contributed by atoms with van der Waals surface area (Å²) in [4.78, 5) is 23.0. The number of rotatable bonds is 6. The molecule has 122 valence electrons. The molecule has 0 saturated heterocycles. The largest absolute Gasteiger partial charge is 0.493 e. The monoisotopic (exact) mass is 318 g/mol. The molecule has 1 aliphatic rings. The Morgan fingerprint density at radius 2 is 2.13 bits per heavy atom.